The lowest BCUT2D eigenvalue weighted by atomic mass is 9.81. The maximum atomic E-state index is 15.9. The van der Waals surface area contributed by atoms with Gasteiger partial charge in [0.15, 0.2) is 11.5 Å². The smallest absolute Gasteiger partial charge is 0.493 e. The average molecular weight is 428 g/mol. The molecule has 0 aromatic heterocycles. The van der Waals surface area contributed by atoms with Crippen molar-refractivity contribution < 1.29 is 27.9 Å². The molecule has 2 aromatic rings. The molecule has 3 rings (SSSR count). The minimum absolute atomic E-state index is 0.270. The van der Waals surface area contributed by atoms with Crippen LogP contribution in [0, 0.1) is 0 Å². The van der Waals surface area contributed by atoms with Crippen LogP contribution in [0.15, 0.2) is 54.3 Å². The van der Waals surface area contributed by atoms with Crippen molar-refractivity contribution in [3.8, 4) is 17.2 Å². The Hall–Kier alpha value is -2.51. The molecule has 0 aliphatic carbocycles. The Balaban J connectivity index is 1.97. The lowest BCUT2D eigenvalue weighted by Gasteiger charge is -2.32. The van der Waals surface area contributed by atoms with E-state index in [1.54, 1.807) is 25.3 Å². The summed E-state index contributed by atoms with van der Waals surface area (Å²) in [5.41, 5.74) is -0.837. The van der Waals surface area contributed by atoms with Gasteiger partial charge in [-0.1, -0.05) is 30.3 Å². The van der Waals surface area contributed by atoms with Crippen LogP contribution in [0.2, 0.25) is 0 Å². The van der Waals surface area contributed by atoms with Crippen molar-refractivity contribution in [3.05, 3.63) is 59.8 Å². The van der Waals surface area contributed by atoms with Crippen LogP contribution in [-0.4, -0.2) is 39.1 Å². The van der Waals surface area contributed by atoms with Gasteiger partial charge in [0, 0.05) is 12.0 Å². The Morgan fingerprint density at radius 1 is 0.903 bits per heavy atom. The number of methoxy groups -OCH3 is 2. The van der Waals surface area contributed by atoms with E-state index in [1.807, 2.05) is 58.0 Å². The van der Waals surface area contributed by atoms with Gasteiger partial charge in [0.25, 0.3) is 0 Å². The Morgan fingerprint density at radius 2 is 1.55 bits per heavy atom. The zero-order valence-electron chi connectivity index (χ0n) is 19.0. The van der Waals surface area contributed by atoms with E-state index in [1.165, 1.54) is 7.11 Å². The van der Waals surface area contributed by atoms with Gasteiger partial charge in [-0.2, -0.15) is 0 Å². The van der Waals surface area contributed by atoms with Crippen molar-refractivity contribution in [2.24, 2.45) is 0 Å². The van der Waals surface area contributed by atoms with Crippen molar-refractivity contribution in [2.45, 2.75) is 45.3 Å². The van der Waals surface area contributed by atoms with Crippen molar-refractivity contribution in [2.75, 3.05) is 20.8 Å². The molecule has 0 unspecified atom stereocenters. The molecule has 0 atom stereocenters. The summed E-state index contributed by atoms with van der Waals surface area (Å²) in [6, 6.07) is 14.8. The van der Waals surface area contributed by atoms with Gasteiger partial charge in [-0.25, -0.2) is 4.39 Å². The van der Waals surface area contributed by atoms with Crippen LogP contribution >= 0.6 is 0 Å². The van der Waals surface area contributed by atoms with Gasteiger partial charge < -0.3 is 23.5 Å². The largest absolute Gasteiger partial charge is 0.525 e. The molecule has 1 aliphatic rings. The number of hydrogen-bond donors (Lipinski definition) is 0. The first-order valence-corrected chi connectivity index (χ1v) is 10.3. The number of para-hydroxylation sites is 2. The van der Waals surface area contributed by atoms with E-state index in [4.69, 9.17) is 23.5 Å². The third-order valence-corrected chi connectivity index (χ3v) is 5.84. The third kappa shape index (κ3) is 4.88. The summed E-state index contributed by atoms with van der Waals surface area (Å²) in [4.78, 5) is 0. The van der Waals surface area contributed by atoms with Crippen LogP contribution in [-0.2, 0) is 9.31 Å². The first kappa shape index (κ1) is 23.2. The second kappa shape index (κ2) is 9.33. The zero-order chi connectivity index (χ0) is 22.6. The highest BCUT2D eigenvalue weighted by molar-refractivity contribution is 6.55. The number of hydrogen-bond acceptors (Lipinski definition) is 5. The summed E-state index contributed by atoms with van der Waals surface area (Å²) in [5, 5.41) is 0. The van der Waals surface area contributed by atoms with E-state index in [-0.39, 0.29) is 13.0 Å². The predicted molar refractivity (Wildman–Crippen MR) is 120 cm³/mol. The van der Waals surface area contributed by atoms with Crippen LogP contribution in [0.4, 0.5) is 4.39 Å². The van der Waals surface area contributed by atoms with E-state index in [0.29, 0.717) is 22.6 Å². The molecule has 1 saturated heterocycles. The quantitative estimate of drug-likeness (QED) is 0.521. The minimum Gasteiger partial charge on any atom is -0.493 e. The van der Waals surface area contributed by atoms with Gasteiger partial charge in [0.2, 0.25) is 0 Å². The fraction of sp³-hybridized carbons (Fsp3) is 0.417. The SMILES string of the molecule is COc1cccc(C(CCOc2ccccc2)=C(F)B2OC(C)(C)C(C)(C)O2)c1OC. The van der Waals surface area contributed by atoms with Crippen LogP contribution in [0.5, 0.6) is 17.2 Å². The highest BCUT2D eigenvalue weighted by atomic mass is 19.1. The highest BCUT2D eigenvalue weighted by Gasteiger charge is 2.53. The maximum absolute atomic E-state index is 15.9. The normalized spacial score (nSPS) is 17.8. The number of ether oxygens (including phenoxy) is 3. The molecule has 7 heteroatoms. The molecule has 0 spiro atoms. The van der Waals surface area contributed by atoms with Gasteiger partial charge in [-0.15, -0.1) is 0 Å². The second-order valence-corrected chi connectivity index (χ2v) is 8.37. The van der Waals surface area contributed by atoms with E-state index >= 15 is 4.39 Å². The van der Waals surface area contributed by atoms with Crippen molar-refractivity contribution in [1.29, 1.82) is 0 Å². The summed E-state index contributed by atoms with van der Waals surface area (Å²) < 4.78 is 44.6. The van der Waals surface area contributed by atoms with Crippen molar-refractivity contribution in [3.63, 3.8) is 0 Å². The molecule has 0 N–H and O–H groups in total. The minimum atomic E-state index is -1.12. The number of rotatable bonds is 8. The highest BCUT2D eigenvalue weighted by Crippen LogP contribution is 2.43. The third-order valence-electron chi connectivity index (χ3n) is 5.84. The van der Waals surface area contributed by atoms with Crippen LogP contribution in [0.25, 0.3) is 5.57 Å². The summed E-state index contributed by atoms with van der Waals surface area (Å²) in [7, 11) is 1.97. The van der Waals surface area contributed by atoms with E-state index in [0.717, 1.165) is 5.75 Å². The van der Waals surface area contributed by atoms with Gasteiger partial charge >= 0.3 is 7.12 Å². The summed E-state index contributed by atoms with van der Waals surface area (Å²) in [5.74, 6) is 1.69. The fourth-order valence-corrected chi connectivity index (χ4v) is 3.38. The maximum Gasteiger partial charge on any atom is 0.525 e. The Morgan fingerprint density at radius 3 is 2.13 bits per heavy atom. The Bertz CT molecular complexity index is 911. The topological polar surface area (TPSA) is 46.2 Å². The molecule has 1 fully saturated rings. The Kier molecular flexibility index (Phi) is 6.97. The van der Waals surface area contributed by atoms with Crippen molar-refractivity contribution in [1.82, 2.24) is 0 Å². The van der Waals surface area contributed by atoms with Crippen molar-refractivity contribution >= 4 is 12.7 Å². The second-order valence-electron chi connectivity index (χ2n) is 8.37. The first-order chi connectivity index (χ1) is 14.7. The summed E-state index contributed by atoms with van der Waals surface area (Å²) >= 11 is 0. The zero-order valence-corrected chi connectivity index (χ0v) is 19.0. The molecular weight excluding hydrogens is 398 g/mol. The van der Waals surface area contributed by atoms with Crippen LogP contribution < -0.4 is 14.2 Å². The molecule has 2 aromatic carbocycles. The van der Waals surface area contributed by atoms with E-state index in [9.17, 15) is 0 Å². The molecular formula is C24H30BFO5. The molecule has 166 valence electrons. The van der Waals surface area contributed by atoms with Crippen LogP contribution in [0.3, 0.4) is 0 Å². The number of halogens is 1. The molecule has 0 amide bonds. The molecule has 5 nitrogen and oxygen atoms in total. The fourth-order valence-electron chi connectivity index (χ4n) is 3.38. The molecule has 0 radical (unpaired) electrons. The van der Waals surface area contributed by atoms with Gasteiger partial charge in [0.1, 0.15) is 11.5 Å². The Labute approximate surface area is 184 Å². The molecule has 0 bridgehead atoms. The monoisotopic (exact) mass is 428 g/mol. The number of benzene rings is 2. The van der Waals surface area contributed by atoms with Crippen LogP contribution in [0.1, 0.15) is 39.7 Å². The summed E-state index contributed by atoms with van der Waals surface area (Å²) in [6.07, 6.45) is 0.286. The average Bonchev–Trinajstić information content (AvgIpc) is 2.98. The van der Waals surface area contributed by atoms with Gasteiger partial charge in [0.05, 0.1) is 32.0 Å². The molecule has 1 heterocycles. The molecule has 1 aliphatic heterocycles. The van der Waals surface area contributed by atoms with Gasteiger partial charge in [-0.05, 0) is 51.5 Å². The lowest BCUT2D eigenvalue weighted by Crippen LogP contribution is -2.41. The van der Waals surface area contributed by atoms with E-state index in [2.05, 4.69) is 0 Å². The first-order valence-electron chi connectivity index (χ1n) is 10.3. The predicted octanol–water partition coefficient (Wildman–Crippen LogP) is 5.48. The standard InChI is InChI=1S/C24H30BFO5/c1-23(2)24(3,4)31-25(30-23)22(26)19(15-16-29-17-11-8-7-9-12-17)18-13-10-14-20(27-5)21(18)28-6/h7-14H,15-16H2,1-6H3. The van der Waals surface area contributed by atoms with Gasteiger partial charge in [-0.3, -0.25) is 0 Å². The van der Waals surface area contributed by atoms with E-state index < -0.39 is 24.0 Å². The molecule has 0 saturated carbocycles. The lowest BCUT2D eigenvalue weighted by molar-refractivity contribution is 0.00578. The molecule has 31 heavy (non-hydrogen) atoms. The summed E-state index contributed by atoms with van der Waals surface area (Å²) in [6.45, 7) is 7.84.